The van der Waals surface area contributed by atoms with Crippen LogP contribution in [-0.2, 0) is 0 Å². The number of aryl methyl sites for hydroxylation is 1. The van der Waals surface area contributed by atoms with Gasteiger partial charge in [0.1, 0.15) is 0 Å². The van der Waals surface area contributed by atoms with Crippen LogP contribution in [0.25, 0.3) is 0 Å². The molecule has 2 atom stereocenters. The fraction of sp³-hybridized carbons (Fsp3) is 0.667. The normalized spacial score (nSPS) is 24.0. The molecule has 1 aromatic carbocycles. The Hall–Kier alpha value is -0.380. The molecule has 1 fully saturated rings. The molecule has 0 radical (unpaired) electrons. The van der Waals surface area contributed by atoms with Crippen molar-refractivity contribution in [2.24, 2.45) is 5.92 Å². The maximum absolute atomic E-state index is 3.82. The molecule has 0 aromatic heterocycles. The van der Waals surface area contributed by atoms with Gasteiger partial charge >= 0.3 is 0 Å². The predicted octanol–water partition coefficient (Wildman–Crippen LogP) is 4.53. The van der Waals surface area contributed by atoms with Crippen molar-refractivity contribution in [1.29, 1.82) is 0 Å². The number of likely N-dealkylation sites (tertiary alicyclic amines) is 1. The summed E-state index contributed by atoms with van der Waals surface area (Å²) in [5.41, 5.74) is 2.79. The zero-order valence-electron chi connectivity index (χ0n) is 13.7. The molecule has 1 aliphatic rings. The Kier molecular flexibility index (Phi) is 6.72. The Labute approximate surface area is 138 Å². The third kappa shape index (κ3) is 4.30. The van der Waals surface area contributed by atoms with E-state index in [0.717, 1.165) is 6.54 Å². The largest absolute Gasteiger partial charge is 0.319 e. The van der Waals surface area contributed by atoms with Gasteiger partial charge in [0.2, 0.25) is 0 Å². The molecule has 0 amide bonds. The zero-order chi connectivity index (χ0) is 15.2. The van der Waals surface area contributed by atoms with Gasteiger partial charge in [0.25, 0.3) is 0 Å². The van der Waals surface area contributed by atoms with E-state index in [0.29, 0.717) is 12.0 Å². The van der Waals surface area contributed by atoms with E-state index in [1.165, 1.54) is 54.4 Å². The van der Waals surface area contributed by atoms with Gasteiger partial charge in [0, 0.05) is 10.5 Å². The lowest BCUT2D eigenvalue weighted by atomic mass is 9.88. The van der Waals surface area contributed by atoms with Gasteiger partial charge in [-0.15, -0.1) is 0 Å². The summed E-state index contributed by atoms with van der Waals surface area (Å²) in [6, 6.07) is 7.39. The highest BCUT2D eigenvalue weighted by molar-refractivity contribution is 9.10. The summed E-state index contributed by atoms with van der Waals surface area (Å²) in [5, 5.41) is 3.42. The lowest BCUT2D eigenvalue weighted by Crippen LogP contribution is -2.37. The van der Waals surface area contributed by atoms with Crippen molar-refractivity contribution in [3.05, 3.63) is 33.8 Å². The van der Waals surface area contributed by atoms with Crippen molar-refractivity contribution in [2.75, 3.05) is 26.7 Å². The lowest BCUT2D eigenvalue weighted by Gasteiger charge is -2.36. The van der Waals surface area contributed by atoms with Crippen molar-refractivity contribution in [3.63, 3.8) is 0 Å². The fourth-order valence-corrected chi connectivity index (χ4v) is 4.38. The Balaban J connectivity index is 2.37. The van der Waals surface area contributed by atoms with E-state index >= 15 is 0 Å². The van der Waals surface area contributed by atoms with Gasteiger partial charge in [-0.2, -0.15) is 0 Å². The highest BCUT2D eigenvalue weighted by Crippen LogP contribution is 2.38. The van der Waals surface area contributed by atoms with Crippen LogP contribution in [0.15, 0.2) is 22.7 Å². The summed E-state index contributed by atoms with van der Waals surface area (Å²) < 4.78 is 1.27. The number of hydrogen-bond acceptors (Lipinski definition) is 2. The average Bonchev–Trinajstić information content (AvgIpc) is 2.63. The molecule has 1 aromatic rings. The molecular weight excluding hydrogens is 324 g/mol. The smallest absolute Gasteiger partial charge is 0.0399 e. The highest BCUT2D eigenvalue weighted by atomic mass is 79.9. The van der Waals surface area contributed by atoms with E-state index in [9.17, 15) is 0 Å². The maximum atomic E-state index is 3.82. The summed E-state index contributed by atoms with van der Waals surface area (Å²) in [6.45, 7) is 7.99. The maximum Gasteiger partial charge on any atom is 0.0399 e. The van der Waals surface area contributed by atoms with E-state index in [-0.39, 0.29) is 0 Å². The first-order valence-electron chi connectivity index (χ1n) is 8.32. The van der Waals surface area contributed by atoms with Crippen LogP contribution in [0.2, 0.25) is 0 Å². The second-order valence-electron chi connectivity index (χ2n) is 6.32. The number of halogens is 1. The number of hydrogen-bond donors (Lipinski definition) is 1. The van der Waals surface area contributed by atoms with Gasteiger partial charge in [0.05, 0.1) is 0 Å². The number of nitrogens with zero attached hydrogens (tertiary/aromatic N) is 1. The van der Waals surface area contributed by atoms with E-state index < -0.39 is 0 Å². The van der Waals surface area contributed by atoms with Crippen LogP contribution in [0.3, 0.4) is 0 Å². The van der Waals surface area contributed by atoms with Gasteiger partial charge in [0.15, 0.2) is 0 Å². The molecule has 0 spiro atoms. The number of nitrogens with one attached hydrogen (secondary N) is 1. The molecule has 1 heterocycles. The minimum atomic E-state index is 0.537. The van der Waals surface area contributed by atoms with Crippen molar-refractivity contribution in [2.45, 2.75) is 45.6 Å². The van der Waals surface area contributed by atoms with Crippen LogP contribution in [0.5, 0.6) is 0 Å². The standard InChI is InChI=1S/C18H29BrN2/c1-4-10-21-11-6-5-7-15(13-20-3)18(21)16-9-8-14(2)12-17(16)19/h8-9,12,15,18,20H,4-7,10-11,13H2,1-3H3. The lowest BCUT2D eigenvalue weighted by molar-refractivity contribution is 0.154. The van der Waals surface area contributed by atoms with Crippen LogP contribution in [0.1, 0.15) is 49.8 Å². The summed E-state index contributed by atoms with van der Waals surface area (Å²) in [5.74, 6) is 0.697. The van der Waals surface area contributed by atoms with Gasteiger partial charge in [-0.1, -0.05) is 41.4 Å². The first-order valence-corrected chi connectivity index (χ1v) is 9.11. The van der Waals surface area contributed by atoms with Crippen LogP contribution < -0.4 is 5.32 Å². The first kappa shape index (κ1) is 17.0. The second-order valence-corrected chi connectivity index (χ2v) is 7.17. The van der Waals surface area contributed by atoms with Crippen LogP contribution >= 0.6 is 15.9 Å². The molecule has 0 aliphatic carbocycles. The molecule has 0 bridgehead atoms. The number of rotatable bonds is 5. The Morgan fingerprint density at radius 1 is 1.33 bits per heavy atom. The van der Waals surface area contributed by atoms with Crippen LogP contribution in [-0.4, -0.2) is 31.6 Å². The van der Waals surface area contributed by atoms with E-state index in [1.807, 2.05) is 0 Å². The van der Waals surface area contributed by atoms with Gasteiger partial charge in [-0.05, 0) is 76.0 Å². The second kappa shape index (κ2) is 8.30. The third-order valence-electron chi connectivity index (χ3n) is 4.56. The third-order valence-corrected chi connectivity index (χ3v) is 5.25. The molecule has 21 heavy (non-hydrogen) atoms. The van der Waals surface area contributed by atoms with E-state index in [4.69, 9.17) is 0 Å². The molecule has 1 saturated heterocycles. The molecule has 1 aliphatic heterocycles. The molecule has 0 saturated carbocycles. The fourth-order valence-electron chi connectivity index (χ4n) is 3.65. The summed E-state index contributed by atoms with van der Waals surface area (Å²) in [6.07, 6.45) is 5.24. The molecule has 2 unspecified atom stereocenters. The molecule has 2 rings (SSSR count). The van der Waals surface area contributed by atoms with Crippen molar-refractivity contribution in [3.8, 4) is 0 Å². The zero-order valence-corrected chi connectivity index (χ0v) is 15.2. The van der Waals surface area contributed by atoms with Crippen LogP contribution in [0.4, 0.5) is 0 Å². The van der Waals surface area contributed by atoms with Gasteiger partial charge in [-0.3, -0.25) is 4.90 Å². The van der Waals surface area contributed by atoms with E-state index in [1.54, 1.807) is 0 Å². The van der Waals surface area contributed by atoms with Crippen molar-refractivity contribution >= 4 is 15.9 Å². The molecule has 2 nitrogen and oxygen atoms in total. The topological polar surface area (TPSA) is 15.3 Å². The summed E-state index contributed by atoms with van der Waals surface area (Å²) in [4.78, 5) is 2.71. The van der Waals surface area contributed by atoms with Crippen LogP contribution in [0, 0.1) is 12.8 Å². The summed E-state index contributed by atoms with van der Waals surface area (Å²) in [7, 11) is 2.08. The minimum Gasteiger partial charge on any atom is -0.319 e. The van der Waals surface area contributed by atoms with Crippen molar-refractivity contribution in [1.82, 2.24) is 10.2 Å². The average molecular weight is 353 g/mol. The highest BCUT2D eigenvalue weighted by Gasteiger charge is 2.31. The number of benzene rings is 1. The van der Waals surface area contributed by atoms with Gasteiger partial charge < -0.3 is 5.32 Å². The first-order chi connectivity index (χ1) is 10.2. The molecule has 118 valence electrons. The Bertz CT molecular complexity index is 431. The minimum absolute atomic E-state index is 0.537. The Morgan fingerprint density at radius 3 is 2.81 bits per heavy atom. The van der Waals surface area contributed by atoms with E-state index in [2.05, 4.69) is 65.2 Å². The monoisotopic (exact) mass is 352 g/mol. The SMILES string of the molecule is CCCN1CCCCC(CNC)C1c1ccc(C)cc1Br. The molecular formula is C18H29BrN2. The molecule has 3 heteroatoms. The van der Waals surface area contributed by atoms with Gasteiger partial charge in [-0.25, -0.2) is 0 Å². The summed E-state index contributed by atoms with van der Waals surface area (Å²) >= 11 is 3.82. The Morgan fingerprint density at radius 2 is 2.14 bits per heavy atom. The quantitative estimate of drug-likeness (QED) is 0.837. The van der Waals surface area contributed by atoms with Crippen molar-refractivity contribution < 1.29 is 0 Å². The predicted molar refractivity (Wildman–Crippen MR) is 94.8 cm³/mol. The molecule has 1 N–H and O–H groups in total.